The van der Waals surface area contributed by atoms with Gasteiger partial charge in [-0.2, -0.15) is 4.98 Å². The summed E-state index contributed by atoms with van der Waals surface area (Å²) in [5.41, 5.74) is 2.66. The van der Waals surface area contributed by atoms with Crippen LogP contribution in [0.2, 0.25) is 0 Å². The van der Waals surface area contributed by atoms with Gasteiger partial charge in [-0.25, -0.2) is 14.6 Å². The summed E-state index contributed by atoms with van der Waals surface area (Å²) in [6, 6.07) is 9.92. The number of aromatic carboxylic acids is 1. The Balaban J connectivity index is 1.58. The Bertz CT molecular complexity index is 1740. The molecule has 0 unspecified atom stereocenters. The molecule has 12 heteroatoms. The molecule has 3 heterocycles. The van der Waals surface area contributed by atoms with Crippen LogP contribution in [0, 0.1) is 0 Å². The molecule has 2 aromatic heterocycles. The average Bonchev–Trinajstić information content (AvgIpc) is 3.68. The van der Waals surface area contributed by atoms with Gasteiger partial charge in [0.05, 0.1) is 31.6 Å². The highest BCUT2D eigenvalue weighted by Crippen LogP contribution is 2.41. The summed E-state index contributed by atoms with van der Waals surface area (Å²) in [4.78, 5) is 33.0. The molecule has 0 saturated carbocycles. The van der Waals surface area contributed by atoms with Crippen molar-refractivity contribution >= 4 is 18.0 Å². The summed E-state index contributed by atoms with van der Waals surface area (Å²) < 4.78 is 33.8. The zero-order valence-electron chi connectivity index (χ0n) is 25.0. The molecule has 0 aliphatic carbocycles. The van der Waals surface area contributed by atoms with E-state index in [9.17, 15) is 19.8 Å². The lowest BCUT2D eigenvalue weighted by Crippen LogP contribution is -2.07. The predicted molar refractivity (Wildman–Crippen MR) is 161 cm³/mol. The second-order valence-electron chi connectivity index (χ2n) is 10.1. The minimum absolute atomic E-state index is 0.0124. The normalized spacial score (nSPS) is 12.2. The molecule has 2 aromatic carbocycles. The third-order valence-corrected chi connectivity index (χ3v) is 7.21. The number of aliphatic carboxylic acids is 1. The van der Waals surface area contributed by atoms with Crippen LogP contribution in [-0.4, -0.2) is 53.1 Å². The van der Waals surface area contributed by atoms with Gasteiger partial charge in [0.1, 0.15) is 18.1 Å². The van der Waals surface area contributed by atoms with E-state index < -0.39 is 11.9 Å². The third-order valence-electron chi connectivity index (χ3n) is 7.21. The minimum Gasteiger partial charge on any atom is -0.496 e. The largest absolute Gasteiger partial charge is 0.496 e. The molecule has 0 radical (unpaired) electrons. The first-order valence-electron chi connectivity index (χ1n) is 14.2. The van der Waals surface area contributed by atoms with Gasteiger partial charge in [0.25, 0.3) is 0 Å². The molecule has 45 heavy (non-hydrogen) atoms. The van der Waals surface area contributed by atoms with E-state index in [4.69, 9.17) is 28.1 Å². The molecule has 0 amide bonds. The molecule has 0 fully saturated rings. The van der Waals surface area contributed by atoms with Gasteiger partial charge in [-0.15, -0.1) is 0 Å². The molecule has 1 aliphatic heterocycles. The number of carboxylic acids is 2. The molecule has 0 spiro atoms. The Morgan fingerprint density at radius 3 is 2.53 bits per heavy atom. The number of unbranched alkanes of at least 4 members (excludes halogenated alkanes) is 1. The third kappa shape index (κ3) is 6.85. The second kappa shape index (κ2) is 13.8. The molecular weight excluding hydrogens is 584 g/mol. The number of furan rings is 1. The number of carboxylic acid groups (broad SMARTS) is 2. The number of hydrogen-bond acceptors (Lipinski definition) is 10. The maximum atomic E-state index is 12.6. The van der Waals surface area contributed by atoms with Gasteiger partial charge in [-0.05, 0) is 24.6 Å². The van der Waals surface area contributed by atoms with Crippen LogP contribution in [0.4, 0.5) is 0 Å². The number of ether oxygens (including phenoxy) is 5. The maximum absolute atomic E-state index is 12.6. The smallest absolute Gasteiger partial charge is 0.336 e. The van der Waals surface area contributed by atoms with Crippen molar-refractivity contribution in [2.24, 2.45) is 0 Å². The van der Waals surface area contributed by atoms with E-state index in [1.165, 1.54) is 38.8 Å². The molecule has 1 aliphatic rings. The zero-order chi connectivity index (χ0) is 31.9. The van der Waals surface area contributed by atoms with Crippen LogP contribution in [0.1, 0.15) is 52.6 Å². The monoisotopic (exact) mass is 616 g/mol. The Labute approximate surface area is 258 Å². The van der Waals surface area contributed by atoms with Gasteiger partial charge in [0, 0.05) is 52.9 Å². The molecule has 0 atom stereocenters. The van der Waals surface area contributed by atoms with Crippen molar-refractivity contribution in [3.8, 4) is 40.3 Å². The zero-order valence-corrected chi connectivity index (χ0v) is 25.0. The highest BCUT2D eigenvalue weighted by atomic mass is 16.7. The van der Waals surface area contributed by atoms with E-state index in [1.54, 1.807) is 30.3 Å². The van der Waals surface area contributed by atoms with Crippen molar-refractivity contribution in [3.05, 3.63) is 82.4 Å². The number of benzene rings is 2. The molecule has 4 aromatic rings. The van der Waals surface area contributed by atoms with Gasteiger partial charge >= 0.3 is 17.9 Å². The predicted octanol–water partition coefficient (Wildman–Crippen LogP) is 5.81. The van der Waals surface area contributed by atoms with Crippen LogP contribution >= 0.6 is 0 Å². The van der Waals surface area contributed by atoms with Crippen LogP contribution < -0.4 is 23.7 Å². The second-order valence-corrected chi connectivity index (χ2v) is 10.1. The Kier molecular flexibility index (Phi) is 9.51. The summed E-state index contributed by atoms with van der Waals surface area (Å²) in [5, 5.41) is 19.9. The van der Waals surface area contributed by atoms with Gasteiger partial charge in [-0.3, -0.25) is 0 Å². The summed E-state index contributed by atoms with van der Waals surface area (Å²) in [5.74, 6) is -0.0227. The number of aromatic nitrogens is 2. The van der Waals surface area contributed by atoms with E-state index in [0.717, 1.165) is 12.8 Å². The van der Waals surface area contributed by atoms with E-state index in [0.29, 0.717) is 57.2 Å². The highest BCUT2D eigenvalue weighted by Gasteiger charge is 2.24. The summed E-state index contributed by atoms with van der Waals surface area (Å²) in [6.07, 6.45) is 6.82. The number of aryl methyl sites for hydroxylation is 1. The molecule has 12 nitrogen and oxygen atoms in total. The average molecular weight is 617 g/mol. The van der Waals surface area contributed by atoms with Crippen molar-refractivity contribution in [2.45, 2.75) is 39.2 Å². The van der Waals surface area contributed by atoms with E-state index in [-0.39, 0.29) is 42.8 Å². The quantitative estimate of drug-likeness (QED) is 0.164. The van der Waals surface area contributed by atoms with Gasteiger partial charge in [0.15, 0.2) is 11.5 Å². The first-order valence-corrected chi connectivity index (χ1v) is 14.2. The van der Waals surface area contributed by atoms with Crippen LogP contribution in [0.15, 0.2) is 58.8 Å². The molecule has 2 N–H and O–H groups in total. The van der Waals surface area contributed by atoms with Crippen LogP contribution in [0.3, 0.4) is 0 Å². The van der Waals surface area contributed by atoms with E-state index >= 15 is 0 Å². The van der Waals surface area contributed by atoms with E-state index in [1.807, 2.05) is 0 Å². The topological polar surface area (TPSA) is 160 Å². The first-order chi connectivity index (χ1) is 21.8. The molecule has 0 saturated heterocycles. The number of methoxy groups -OCH3 is 2. The number of hydrogen-bond donors (Lipinski definition) is 2. The number of rotatable bonds is 14. The minimum atomic E-state index is -1.13. The SMILES string of the molecule is CCCCc1occ(/C=C(\Cc2cc3c(cc2OC)OCO3)C(=O)O)c1-c1cnc(OC)nc1OCc1ccccc1C(=O)O. The van der Waals surface area contributed by atoms with Crippen LogP contribution in [-0.2, 0) is 24.2 Å². The molecule has 0 bridgehead atoms. The van der Waals surface area contributed by atoms with Crippen molar-refractivity contribution in [3.63, 3.8) is 0 Å². The number of fused-ring (bicyclic) bond motifs is 1. The maximum Gasteiger partial charge on any atom is 0.336 e. The molecular formula is C33H32N2O10. The lowest BCUT2D eigenvalue weighted by Gasteiger charge is -2.14. The standard InChI is InChI=1S/C33H32N2O10/c1-4-5-10-25-29(24-15-34-33(41-3)35-30(24)43-16-19-8-6-7-9-23(19)32(38)39)22(17-42-25)12-21(31(36)37)11-20-13-27-28(45-18-44-27)14-26(20)40-2/h6-9,12-15,17H,4-5,10-11,16,18H2,1-3H3,(H,36,37)(H,38,39)/b21-12+. The summed E-state index contributed by atoms with van der Waals surface area (Å²) in [7, 11) is 2.92. The van der Waals surface area contributed by atoms with Gasteiger partial charge < -0.3 is 38.3 Å². The van der Waals surface area contributed by atoms with E-state index in [2.05, 4.69) is 16.9 Å². The van der Waals surface area contributed by atoms with Crippen molar-refractivity contribution in [1.29, 1.82) is 0 Å². The number of nitrogens with zero attached hydrogens (tertiary/aromatic N) is 2. The van der Waals surface area contributed by atoms with Crippen molar-refractivity contribution in [2.75, 3.05) is 21.0 Å². The fourth-order valence-corrected chi connectivity index (χ4v) is 4.95. The lowest BCUT2D eigenvalue weighted by molar-refractivity contribution is -0.132. The highest BCUT2D eigenvalue weighted by molar-refractivity contribution is 5.95. The fraction of sp³-hybridized carbons (Fsp3) is 0.273. The van der Waals surface area contributed by atoms with Crippen molar-refractivity contribution < 1.29 is 47.9 Å². The Morgan fingerprint density at radius 2 is 1.82 bits per heavy atom. The first kappa shape index (κ1) is 30.9. The number of carbonyl (C=O) groups is 2. The van der Waals surface area contributed by atoms with Gasteiger partial charge in [0.2, 0.25) is 12.7 Å². The summed E-state index contributed by atoms with van der Waals surface area (Å²) >= 11 is 0. The Morgan fingerprint density at radius 1 is 1.04 bits per heavy atom. The Hall–Kier alpha value is -5.52. The van der Waals surface area contributed by atoms with Crippen LogP contribution in [0.25, 0.3) is 17.2 Å². The molecule has 5 rings (SSSR count). The van der Waals surface area contributed by atoms with Crippen molar-refractivity contribution in [1.82, 2.24) is 9.97 Å². The lowest BCUT2D eigenvalue weighted by atomic mass is 9.97. The fourth-order valence-electron chi connectivity index (χ4n) is 4.95. The molecule has 234 valence electrons. The van der Waals surface area contributed by atoms with Crippen LogP contribution in [0.5, 0.6) is 29.1 Å². The summed E-state index contributed by atoms with van der Waals surface area (Å²) in [6.45, 7) is 2.02. The van der Waals surface area contributed by atoms with Gasteiger partial charge in [-0.1, -0.05) is 31.5 Å².